The SMILES string of the molecule is NC(c1ccc(Cl)c(Br)c1)c1ccc(Br)o1. The summed E-state index contributed by atoms with van der Waals surface area (Å²) in [4.78, 5) is 0. The first-order valence-corrected chi connectivity index (χ1v) is 6.50. The first kappa shape index (κ1) is 12.2. The number of rotatable bonds is 2. The summed E-state index contributed by atoms with van der Waals surface area (Å²) in [5.41, 5.74) is 7.01. The molecule has 1 atom stereocenters. The van der Waals surface area contributed by atoms with E-state index in [-0.39, 0.29) is 6.04 Å². The number of halogens is 3. The fourth-order valence-electron chi connectivity index (χ4n) is 1.37. The number of furan rings is 1. The van der Waals surface area contributed by atoms with Gasteiger partial charge in [-0.25, -0.2) is 0 Å². The quantitative estimate of drug-likeness (QED) is 0.851. The lowest BCUT2D eigenvalue weighted by Crippen LogP contribution is -2.10. The zero-order valence-electron chi connectivity index (χ0n) is 8.08. The van der Waals surface area contributed by atoms with Gasteiger partial charge in [0, 0.05) is 4.47 Å². The Hall–Kier alpha value is -0.290. The van der Waals surface area contributed by atoms with E-state index in [0.717, 1.165) is 10.0 Å². The molecule has 0 spiro atoms. The van der Waals surface area contributed by atoms with Crippen LogP contribution < -0.4 is 5.73 Å². The van der Waals surface area contributed by atoms with Crippen LogP contribution in [0.4, 0.5) is 0 Å². The van der Waals surface area contributed by atoms with Gasteiger partial charge < -0.3 is 10.2 Å². The second-order valence-corrected chi connectivity index (χ2v) is 5.34. The third-order valence-electron chi connectivity index (χ3n) is 2.20. The van der Waals surface area contributed by atoms with Gasteiger partial charge in [-0.2, -0.15) is 0 Å². The molecule has 1 heterocycles. The second-order valence-electron chi connectivity index (χ2n) is 3.29. The average Bonchev–Trinajstić information content (AvgIpc) is 2.68. The fourth-order valence-corrected chi connectivity index (χ4v) is 2.20. The lowest BCUT2D eigenvalue weighted by Gasteiger charge is -2.10. The normalized spacial score (nSPS) is 12.8. The van der Waals surface area contributed by atoms with Crippen molar-refractivity contribution >= 4 is 43.5 Å². The summed E-state index contributed by atoms with van der Waals surface area (Å²) in [5, 5.41) is 0.663. The molecule has 16 heavy (non-hydrogen) atoms. The van der Waals surface area contributed by atoms with Crippen molar-refractivity contribution in [2.24, 2.45) is 5.73 Å². The number of hydrogen-bond donors (Lipinski definition) is 1. The van der Waals surface area contributed by atoms with Crippen LogP contribution in [0.5, 0.6) is 0 Å². The van der Waals surface area contributed by atoms with Gasteiger partial charge in [0.15, 0.2) is 4.67 Å². The highest BCUT2D eigenvalue weighted by Gasteiger charge is 2.13. The highest BCUT2D eigenvalue weighted by Crippen LogP contribution is 2.29. The van der Waals surface area contributed by atoms with E-state index in [1.165, 1.54) is 0 Å². The predicted octanol–water partition coefficient (Wildman–Crippen LogP) is 4.51. The van der Waals surface area contributed by atoms with Crippen LogP contribution in [0.2, 0.25) is 5.02 Å². The molecule has 0 saturated carbocycles. The molecule has 0 amide bonds. The van der Waals surface area contributed by atoms with Crippen LogP contribution in [0.15, 0.2) is 43.9 Å². The molecule has 0 fully saturated rings. The van der Waals surface area contributed by atoms with Crippen molar-refractivity contribution in [2.45, 2.75) is 6.04 Å². The third kappa shape index (κ3) is 2.51. The average molecular weight is 365 g/mol. The van der Waals surface area contributed by atoms with Crippen molar-refractivity contribution in [3.8, 4) is 0 Å². The van der Waals surface area contributed by atoms with Crippen molar-refractivity contribution in [3.63, 3.8) is 0 Å². The van der Waals surface area contributed by atoms with Crippen molar-refractivity contribution in [1.29, 1.82) is 0 Å². The van der Waals surface area contributed by atoms with Gasteiger partial charge in [0.25, 0.3) is 0 Å². The molecule has 2 nitrogen and oxygen atoms in total. The Morgan fingerprint density at radius 2 is 1.94 bits per heavy atom. The third-order valence-corrected chi connectivity index (χ3v) is 3.84. The lowest BCUT2D eigenvalue weighted by molar-refractivity contribution is 0.470. The number of hydrogen-bond acceptors (Lipinski definition) is 2. The molecule has 2 rings (SSSR count). The van der Waals surface area contributed by atoms with E-state index in [4.69, 9.17) is 21.8 Å². The first-order valence-electron chi connectivity index (χ1n) is 4.53. The van der Waals surface area contributed by atoms with Crippen LogP contribution in [-0.4, -0.2) is 0 Å². The Morgan fingerprint density at radius 1 is 1.19 bits per heavy atom. The van der Waals surface area contributed by atoms with E-state index in [1.807, 2.05) is 24.3 Å². The molecular weight excluding hydrogens is 357 g/mol. The molecule has 0 saturated heterocycles. The molecule has 1 unspecified atom stereocenters. The lowest BCUT2D eigenvalue weighted by atomic mass is 10.1. The molecule has 5 heteroatoms. The van der Waals surface area contributed by atoms with Crippen molar-refractivity contribution in [1.82, 2.24) is 0 Å². The minimum atomic E-state index is -0.292. The van der Waals surface area contributed by atoms with Gasteiger partial charge in [-0.1, -0.05) is 17.7 Å². The highest BCUT2D eigenvalue weighted by atomic mass is 79.9. The minimum absolute atomic E-state index is 0.292. The molecule has 0 aliphatic heterocycles. The van der Waals surface area contributed by atoms with E-state index in [1.54, 1.807) is 6.07 Å². The van der Waals surface area contributed by atoms with E-state index >= 15 is 0 Å². The van der Waals surface area contributed by atoms with Gasteiger partial charge in [-0.15, -0.1) is 0 Å². The summed E-state index contributed by atoms with van der Waals surface area (Å²) in [6.07, 6.45) is 0. The molecule has 0 aliphatic rings. The Morgan fingerprint density at radius 3 is 2.50 bits per heavy atom. The predicted molar refractivity (Wildman–Crippen MR) is 71.6 cm³/mol. The monoisotopic (exact) mass is 363 g/mol. The summed E-state index contributed by atoms with van der Waals surface area (Å²) in [6, 6.07) is 8.95. The van der Waals surface area contributed by atoms with Gasteiger partial charge in [0.05, 0.1) is 11.1 Å². The second kappa shape index (κ2) is 4.92. The van der Waals surface area contributed by atoms with Gasteiger partial charge in [-0.05, 0) is 61.7 Å². The van der Waals surface area contributed by atoms with E-state index in [9.17, 15) is 0 Å². The number of nitrogens with two attached hydrogens (primary N) is 1. The largest absolute Gasteiger partial charge is 0.452 e. The highest BCUT2D eigenvalue weighted by molar-refractivity contribution is 9.10. The van der Waals surface area contributed by atoms with E-state index < -0.39 is 0 Å². The van der Waals surface area contributed by atoms with Crippen LogP contribution in [0.1, 0.15) is 17.4 Å². The Bertz CT molecular complexity index is 512. The summed E-state index contributed by atoms with van der Waals surface area (Å²) < 4.78 is 6.91. The Balaban J connectivity index is 2.33. The summed E-state index contributed by atoms with van der Waals surface area (Å²) in [6.45, 7) is 0. The zero-order valence-corrected chi connectivity index (χ0v) is 12.0. The van der Waals surface area contributed by atoms with Gasteiger partial charge in [-0.3, -0.25) is 0 Å². The maximum atomic E-state index is 6.07. The first-order chi connectivity index (χ1) is 7.58. The van der Waals surface area contributed by atoms with Crippen molar-refractivity contribution < 1.29 is 4.42 Å². The molecule has 0 aliphatic carbocycles. The van der Waals surface area contributed by atoms with Crippen LogP contribution in [0.25, 0.3) is 0 Å². The molecule has 0 bridgehead atoms. The summed E-state index contributed by atoms with van der Waals surface area (Å²) >= 11 is 12.5. The van der Waals surface area contributed by atoms with Gasteiger partial charge >= 0.3 is 0 Å². The van der Waals surface area contributed by atoms with Crippen LogP contribution >= 0.6 is 43.5 Å². The minimum Gasteiger partial charge on any atom is -0.452 e. The molecule has 2 aromatic rings. The number of benzene rings is 1. The fraction of sp³-hybridized carbons (Fsp3) is 0.0909. The molecular formula is C11H8Br2ClNO. The molecule has 1 aromatic carbocycles. The van der Waals surface area contributed by atoms with Crippen molar-refractivity contribution in [3.05, 3.63) is 55.8 Å². The molecule has 2 N–H and O–H groups in total. The van der Waals surface area contributed by atoms with Gasteiger partial charge in [0.2, 0.25) is 0 Å². The topological polar surface area (TPSA) is 39.2 Å². The molecule has 1 aromatic heterocycles. The summed E-state index contributed by atoms with van der Waals surface area (Å²) in [5.74, 6) is 0.709. The zero-order chi connectivity index (χ0) is 11.7. The maximum Gasteiger partial charge on any atom is 0.169 e. The Kier molecular flexibility index (Phi) is 3.74. The molecule has 84 valence electrons. The van der Waals surface area contributed by atoms with Crippen molar-refractivity contribution in [2.75, 3.05) is 0 Å². The standard InChI is InChI=1S/C11H8Br2ClNO/c12-7-5-6(1-2-8(7)14)11(15)9-3-4-10(13)16-9/h1-5,11H,15H2. The molecule has 0 radical (unpaired) electrons. The van der Waals surface area contributed by atoms with E-state index in [2.05, 4.69) is 31.9 Å². The van der Waals surface area contributed by atoms with Crippen LogP contribution in [0.3, 0.4) is 0 Å². The van der Waals surface area contributed by atoms with E-state index in [0.29, 0.717) is 15.5 Å². The maximum absolute atomic E-state index is 6.07. The summed E-state index contributed by atoms with van der Waals surface area (Å²) in [7, 11) is 0. The van der Waals surface area contributed by atoms with Crippen LogP contribution in [0, 0.1) is 0 Å². The smallest absolute Gasteiger partial charge is 0.169 e. The van der Waals surface area contributed by atoms with Gasteiger partial charge in [0.1, 0.15) is 5.76 Å². The van der Waals surface area contributed by atoms with Crippen LogP contribution in [-0.2, 0) is 0 Å². The Labute approximate surface area is 115 Å².